The van der Waals surface area contributed by atoms with E-state index in [9.17, 15) is 14.0 Å². The molecule has 3 aromatic rings. The summed E-state index contributed by atoms with van der Waals surface area (Å²) in [6.07, 6.45) is 0. The fraction of sp³-hybridized carbons (Fsp3) is 0.0625. The second-order valence-electron chi connectivity index (χ2n) is 4.81. The summed E-state index contributed by atoms with van der Waals surface area (Å²) in [4.78, 5) is 27.3. The Morgan fingerprint density at radius 2 is 1.96 bits per heavy atom. The van der Waals surface area contributed by atoms with Crippen molar-refractivity contribution in [2.75, 3.05) is 12.4 Å². The molecule has 3 rings (SSSR count). The summed E-state index contributed by atoms with van der Waals surface area (Å²) >= 11 is 1.20. The lowest BCUT2D eigenvalue weighted by atomic mass is 10.2. The Morgan fingerprint density at radius 1 is 1.21 bits per heavy atom. The van der Waals surface area contributed by atoms with Crippen molar-refractivity contribution >= 4 is 38.6 Å². The molecule has 2 N–H and O–H groups in total. The van der Waals surface area contributed by atoms with E-state index in [-0.39, 0.29) is 16.9 Å². The minimum atomic E-state index is -1.05. The van der Waals surface area contributed by atoms with Gasteiger partial charge in [0, 0.05) is 5.56 Å². The van der Waals surface area contributed by atoms with Crippen LogP contribution in [0, 0.1) is 5.82 Å². The number of carboxylic acid groups (broad SMARTS) is 1. The van der Waals surface area contributed by atoms with Gasteiger partial charge in [-0.15, -0.1) is 0 Å². The molecule has 0 fully saturated rings. The number of anilines is 1. The van der Waals surface area contributed by atoms with Gasteiger partial charge in [0.1, 0.15) is 0 Å². The number of nitrogens with one attached hydrogen (secondary N) is 1. The molecule has 24 heavy (non-hydrogen) atoms. The van der Waals surface area contributed by atoms with Gasteiger partial charge in [0.2, 0.25) is 0 Å². The van der Waals surface area contributed by atoms with E-state index in [0.29, 0.717) is 10.6 Å². The second kappa shape index (κ2) is 6.25. The third-order valence-corrected chi connectivity index (χ3v) is 4.22. The number of carbonyl (C=O) groups excluding carboxylic acids is 1. The standard InChI is InChI=1S/C16H11FN2O4S/c1-23-12-4-2-8(6-10(12)17)14(20)19-16-18-11-7-9(15(21)22)3-5-13(11)24-16/h2-7H,1H3,(H,21,22)(H,18,19,20). The van der Waals surface area contributed by atoms with Crippen LogP contribution in [0.2, 0.25) is 0 Å². The number of carbonyl (C=O) groups is 2. The van der Waals surface area contributed by atoms with Crippen molar-refractivity contribution in [2.45, 2.75) is 0 Å². The SMILES string of the molecule is COc1ccc(C(=O)Nc2nc3cc(C(=O)O)ccc3s2)cc1F. The van der Waals surface area contributed by atoms with Crippen LogP contribution < -0.4 is 10.1 Å². The molecule has 6 nitrogen and oxygen atoms in total. The van der Waals surface area contributed by atoms with Crippen molar-refractivity contribution in [3.05, 3.63) is 53.3 Å². The molecule has 0 aliphatic rings. The Labute approximate surface area is 139 Å². The van der Waals surface area contributed by atoms with Crippen LogP contribution in [-0.4, -0.2) is 29.1 Å². The van der Waals surface area contributed by atoms with Crippen molar-refractivity contribution in [3.63, 3.8) is 0 Å². The number of fused-ring (bicyclic) bond motifs is 1. The van der Waals surface area contributed by atoms with Crippen molar-refractivity contribution in [2.24, 2.45) is 0 Å². The fourth-order valence-corrected chi connectivity index (χ4v) is 2.93. The lowest BCUT2D eigenvalue weighted by molar-refractivity contribution is 0.0696. The van der Waals surface area contributed by atoms with E-state index in [1.807, 2.05) is 0 Å². The van der Waals surface area contributed by atoms with E-state index >= 15 is 0 Å². The van der Waals surface area contributed by atoms with Crippen LogP contribution in [0.3, 0.4) is 0 Å². The Morgan fingerprint density at radius 3 is 2.62 bits per heavy atom. The molecular formula is C16H11FN2O4S. The number of nitrogens with zero attached hydrogens (tertiary/aromatic N) is 1. The van der Waals surface area contributed by atoms with Crippen LogP contribution in [0.5, 0.6) is 5.75 Å². The van der Waals surface area contributed by atoms with Gasteiger partial charge in [0.25, 0.3) is 5.91 Å². The van der Waals surface area contributed by atoms with Gasteiger partial charge in [0.15, 0.2) is 16.7 Å². The summed E-state index contributed by atoms with van der Waals surface area (Å²) in [5, 5.41) is 11.8. The van der Waals surface area contributed by atoms with Crippen molar-refractivity contribution < 1.29 is 23.8 Å². The van der Waals surface area contributed by atoms with Crippen molar-refractivity contribution in [3.8, 4) is 5.75 Å². The Hall–Kier alpha value is -3.00. The Balaban J connectivity index is 1.85. The third-order valence-electron chi connectivity index (χ3n) is 3.27. The maximum atomic E-state index is 13.7. The van der Waals surface area contributed by atoms with Gasteiger partial charge in [-0.25, -0.2) is 14.2 Å². The quantitative estimate of drug-likeness (QED) is 0.756. The molecule has 1 heterocycles. The van der Waals surface area contributed by atoms with E-state index in [0.717, 1.165) is 10.8 Å². The first-order valence-electron chi connectivity index (χ1n) is 6.76. The summed E-state index contributed by atoms with van der Waals surface area (Å²) in [6, 6.07) is 8.39. The van der Waals surface area contributed by atoms with Crippen LogP contribution in [0.15, 0.2) is 36.4 Å². The number of amides is 1. The average molecular weight is 346 g/mol. The number of halogens is 1. The molecule has 8 heteroatoms. The highest BCUT2D eigenvalue weighted by atomic mass is 32.1. The van der Waals surface area contributed by atoms with Crippen LogP contribution in [0.25, 0.3) is 10.2 Å². The highest BCUT2D eigenvalue weighted by Crippen LogP contribution is 2.27. The van der Waals surface area contributed by atoms with E-state index in [4.69, 9.17) is 9.84 Å². The molecule has 0 unspecified atom stereocenters. The number of methoxy groups -OCH3 is 1. The number of benzene rings is 2. The first-order chi connectivity index (χ1) is 11.5. The molecule has 1 amide bonds. The molecule has 0 aliphatic heterocycles. The van der Waals surface area contributed by atoms with E-state index in [1.54, 1.807) is 6.07 Å². The number of thiazole rings is 1. The number of rotatable bonds is 4. The summed E-state index contributed by atoms with van der Waals surface area (Å²) in [6.45, 7) is 0. The molecule has 0 saturated heterocycles. The fourth-order valence-electron chi connectivity index (χ4n) is 2.09. The van der Waals surface area contributed by atoms with Crippen molar-refractivity contribution in [1.29, 1.82) is 0 Å². The van der Waals surface area contributed by atoms with Gasteiger partial charge in [0.05, 0.1) is 22.9 Å². The highest BCUT2D eigenvalue weighted by Gasteiger charge is 2.13. The number of ether oxygens (including phenoxy) is 1. The van der Waals surface area contributed by atoms with Crippen LogP contribution in [0.1, 0.15) is 20.7 Å². The maximum Gasteiger partial charge on any atom is 0.335 e. The zero-order valence-corrected chi connectivity index (χ0v) is 13.2. The first-order valence-corrected chi connectivity index (χ1v) is 7.58. The summed E-state index contributed by atoms with van der Waals surface area (Å²) in [5.74, 6) is -2.16. The molecule has 2 aromatic carbocycles. The zero-order chi connectivity index (χ0) is 17.3. The monoisotopic (exact) mass is 346 g/mol. The molecule has 0 radical (unpaired) electrons. The molecule has 0 atom stereocenters. The van der Waals surface area contributed by atoms with Crippen molar-refractivity contribution in [1.82, 2.24) is 4.98 Å². The summed E-state index contributed by atoms with van der Waals surface area (Å²) in [5.41, 5.74) is 0.706. The average Bonchev–Trinajstić information content (AvgIpc) is 2.95. The van der Waals surface area contributed by atoms with E-state index in [2.05, 4.69) is 10.3 Å². The molecular weight excluding hydrogens is 335 g/mol. The number of hydrogen-bond donors (Lipinski definition) is 2. The van der Waals surface area contributed by atoms with Gasteiger partial charge in [-0.2, -0.15) is 0 Å². The van der Waals surface area contributed by atoms with Gasteiger partial charge >= 0.3 is 5.97 Å². The predicted octanol–water partition coefficient (Wildman–Crippen LogP) is 3.39. The number of aromatic nitrogens is 1. The molecule has 0 aliphatic carbocycles. The minimum absolute atomic E-state index is 0.0488. The van der Waals surface area contributed by atoms with Gasteiger partial charge in [-0.05, 0) is 36.4 Å². The smallest absolute Gasteiger partial charge is 0.335 e. The number of carboxylic acids is 1. The maximum absolute atomic E-state index is 13.7. The van der Waals surface area contributed by atoms with Gasteiger partial charge in [-0.3, -0.25) is 10.1 Å². The van der Waals surface area contributed by atoms with E-state index < -0.39 is 17.7 Å². The lowest BCUT2D eigenvalue weighted by Crippen LogP contribution is -2.12. The molecule has 0 saturated carbocycles. The second-order valence-corrected chi connectivity index (χ2v) is 5.84. The summed E-state index contributed by atoms with van der Waals surface area (Å²) < 4.78 is 19.2. The van der Waals surface area contributed by atoms with Gasteiger partial charge in [-0.1, -0.05) is 11.3 Å². The largest absolute Gasteiger partial charge is 0.494 e. The van der Waals surface area contributed by atoms with Crippen LogP contribution in [0.4, 0.5) is 9.52 Å². The van der Waals surface area contributed by atoms with E-state index in [1.165, 1.54) is 42.7 Å². The number of aromatic carboxylic acids is 1. The highest BCUT2D eigenvalue weighted by molar-refractivity contribution is 7.22. The number of hydrogen-bond acceptors (Lipinski definition) is 5. The first kappa shape index (κ1) is 15.9. The Bertz CT molecular complexity index is 954. The predicted molar refractivity (Wildman–Crippen MR) is 87.5 cm³/mol. The third kappa shape index (κ3) is 3.04. The van der Waals surface area contributed by atoms with Crippen LogP contribution >= 0.6 is 11.3 Å². The van der Waals surface area contributed by atoms with Gasteiger partial charge < -0.3 is 9.84 Å². The zero-order valence-electron chi connectivity index (χ0n) is 12.4. The van der Waals surface area contributed by atoms with Crippen LogP contribution in [-0.2, 0) is 0 Å². The Kier molecular flexibility index (Phi) is 4.13. The molecule has 0 spiro atoms. The molecule has 1 aromatic heterocycles. The summed E-state index contributed by atoms with van der Waals surface area (Å²) in [7, 11) is 1.34. The normalized spacial score (nSPS) is 10.6. The minimum Gasteiger partial charge on any atom is -0.494 e. The topological polar surface area (TPSA) is 88.5 Å². The lowest BCUT2D eigenvalue weighted by Gasteiger charge is -2.04. The molecule has 122 valence electrons. The molecule has 0 bridgehead atoms.